The molecule has 2 aromatic heterocycles. The molecule has 4 fully saturated rings. The SMILES string of the molecule is CO[C@@H]1C[C@H](S(=O)(=O)c2ccc(-c3ccnc(C)c3)cc2C(F)(F)F)C[C@H]1C(=O)NC1(C#N)CC1.CO[C@H]1C[C@@H](S(=O)(=O)c2ccc(-c3ccnc(C)c3)cc2C(F)(F)F)C[C@@H]1C(=O)NC1(C#N)CC1. The summed E-state index contributed by atoms with van der Waals surface area (Å²) in [4.78, 5) is 32.0. The summed E-state index contributed by atoms with van der Waals surface area (Å²) in [5.74, 6) is -2.82. The van der Waals surface area contributed by atoms with Crippen LogP contribution in [0, 0.1) is 48.3 Å². The van der Waals surface area contributed by atoms with E-state index in [4.69, 9.17) is 9.47 Å². The molecule has 8 rings (SSSR count). The van der Waals surface area contributed by atoms with Crippen LogP contribution in [-0.4, -0.2) is 86.6 Å². The van der Waals surface area contributed by atoms with Gasteiger partial charge in [-0.3, -0.25) is 19.6 Å². The van der Waals surface area contributed by atoms with Crippen molar-refractivity contribution in [2.45, 2.75) is 121 Å². The number of carbonyl (C=O) groups is 2. The van der Waals surface area contributed by atoms with Gasteiger partial charge in [-0.1, -0.05) is 12.1 Å². The average molecular weight is 1020 g/mol. The highest BCUT2D eigenvalue weighted by molar-refractivity contribution is 7.92. The molecule has 0 radical (unpaired) electrons. The van der Waals surface area contributed by atoms with Gasteiger partial charge in [0, 0.05) is 38.0 Å². The maximum Gasteiger partial charge on any atom is 0.417 e. The van der Waals surface area contributed by atoms with Crippen molar-refractivity contribution >= 4 is 31.5 Å². The highest BCUT2D eigenvalue weighted by Gasteiger charge is 2.53. The van der Waals surface area contributed by atoms with Crippen LogP contribution in [0.1, 0.15) is 73.9 Å². The van der Waals surface area contributed by atoms with Crippen LogP contribution < -0.4 is 10.6 Å². The molecule has 0 bridgehead atoms. The van der Waals surface area contributed by atoms with E-state index < -0.39 is 110 Å². The van der Waals surface area contributed by atoms with E-state index in [1.54, 1.807) is 38.1 Å². The van der Waals surface area contributed by atoms with Crippen molar-refractivity contribution in [1.82, 2.24) is 20.6 Å². The number of amides is 2. The van der Waals surface area contributed by atoms with E-state index in [1.807, 2.05) is 12.1 Å². The molecular formula is C48H48F6N6O8S2. The zero-order valence-electron chi connectivity index (χ0n) is 38.2. The van der Waals surface area contributed by atoms with Gasteiger partial charge in [0.25, 0.3) is 0 Å². The Bertz CT molecular complexity index is 2800. The molecule has 0 unspecified atom stereocenters. The van der Waals surface area contributed by atoms with E-state index in [2.05, 4.69) is 20.6 Å². The van der Waals surface area contributed by atoms with Gasteiger partial charge in [-0.05, 0) is 136 Å². The first-order valence-electron chi connectivity index (χ1n) is 22.1. The van der Waals surface area contributed by atoms with E-state index in [0.717, 1.165) is 24.3 Å². The molecule has 14 nitrogen and oxygen atoms in total. The molecule has 0 spiro atoms. The number of benzene rings is 2. The minimum Gasteiger partial charge on any atom is -0.381 e. The van der Waals surface area contributed by atoms with Crippen molar-refractivity contribution in [2.75, 3.05) is 14.2 Å². The van der Waals surface area contributed by atoms with Gasteiger partial charge in [-0.25, -0.2) is 16.8 Å². The molecule has 4 aromatic rings. The Hall–Kier alpha value is -5.94. The average Bonchev–Trinajstić information content (AvgIpc) is 4.16. The molecule has 2 aromatic carbocycles. The van der Waals surface area contributed by atoms with Crippen LogP contribution in [0.2, 0.25) is 0 Å². The van der Waals surface area contributed by atoms with Gasteiger partial charge in [-0.15, -0.1) is 0 Å². The number of hydrogen-bond donors (Lipinski definition) is 2. The monoisotopic (exact) mass is 1010 g/mol. The third-order valence-corrected chi connectivity index (χ3v) is 17.8. The number of aromatic nitrogens is 2. The number of sulfone groups is 2. The van der Waals surface area contributed by atoms with Gasteiger partial charge in [0.2, 0.25) is 11.8 Å². The first kappa shape index (κ1) is 51.9. The van der Waals surface area contributed by atoms with Crippen LogP contribution in [0.5, 0.6) is 0 Å². The molecule has 4 aliphatic rings. The van der Waals surface area contributed by atoms with Crippen LogP contribution in [-0.2, 0) is 51.1 Å². The van der Waals surface area contributed by atoms with Gasteiger partial charge < -0.3 is 20.1 Å². The van der Waals surface area contributed by atoms with Gasteiger partial charge in [0.05, 0.1) is 67.6 Å². The van der Waals surface area contributed by atoms with Crippen LogP contribution in [0.25, 0.3) is 22.3 Å². The van der Waals surface area contributed by atoms with Crippen molar-refractivity contribution in [3.8, 4) is 34.4 Å². The zero-order valence-corrected chi connectivity index (χ0v) is 39.8. The van der Waals surface area contributed by atoms with E-state index in [0.29, 0.717) is 48.2 Å². The minimum atomic E-state index is -4.92. The summed E-state index contributed by atoms with van der Waals surface area (Å²) in [7, 11) is -6.27. The Morgan fingerprint density at radius 2 is 0.943 bits per heavy atom. The third-order valence-electron chi connectivity index (χ3n) is 13.4. The van der Waals surface area contributed by atoms with Gasteiger partial charge in [-0.2, -0.15) is 36.9 Å². The summed E-state index contributed by atoms with van der Waals surface area (Å²) in [6.07, 6.45) is -7.13. The van der Waals surface area contributed by atoms with E-state index in [9.17, 15) is 63.3 Å². The van der Waals surface area contributed by atoms with Crippen LogP contribution in [0.3, 0.4) is 0 Å². The number of methoxy groups -OCH3 is 2. The fraction of sp³-hybridized carbons (Fsp3) is 0.458. The second kappa shape index (κ2) is 19.3. The smallest absolute Gasteiger partial charge is 0.381 e. The quantitative estimate of drug-likeness (QED) is 0.131. The Morgan fingerprint density at radius 1 is 0.600 bits per heavy atom. The van der Waals surface area contributed by atoms with Crippen LogP contribution in [0.4, 0.5) is 26.3 Å². The molecule has 22 heteroatoms. The maximum atomic E-state index is 14.0. The number of ether oxygens (including phenoxy) is 2. The van der Waals surface area contributed by atoms with Crippen molar-refractivity contribution in [3.05, 3.63) is 95.6 Å². The first-order valence-corrected chi connectivity index (χ1v) is 25.2. The van der Waals surface area contributed by atoms with Gasteiger partial charge in [0.1, 0.15) is 11.1 Å². The summed E-state index contributed by atoms with van der Waals surface area (Å²) in [6, 6.07) is 16.7. The fourth-order valence-corrected chi connectivity index (χ4v) is 13.1. The largest absolute Gasteiger partial charge is 0.417 e. The number of alkyl halides is 6. The topological polar surface area (TPSA) is 218 Å². The van der Waals surface area contributed by atoms with Crippen molar-refractivity contribution in [2.24, 2.45) is 11.8 Å². The molecule has 70 heavy (non-hydrogen) atoms. The summed E-state index contributed by atoms with van der Waals surface area (Å²) >= 11 is 0. The zero-order chi connectivity index (χ0) is 51.2. The highest BCUT2D eigenvalue weighted by atomic mass is 32.2. The molecule has 4 saturated carbocycles. The molecule has 0 aliphatic heterocycles. The molecule has 0 saturated heterocycles. The molecule has 372 valence electrons. The number of nitriles is 2. The van der Waals surface area contributed by atoms with Crippen LogP contribution >= 0.6 is 0 Å². The number of carbonyl (C=O) groups excluding carboxylic acids is 2. The molecule has 6 atom stereocenters. The second-order valence-electron chi connectivity index (χ2n) is 18.2. The number of nitrogens with zero attached hydrogens (tertiary/aromatic N) is 4. The summed E-state index contributed by atoms with van der Waals surface area (Å²) in [6.45, 7) is 3.40. The molecule has 4 aliphatic carbocycles. The lowest BCUT2D eigenvalue weighted by molar-refractivity contribution is -0.140. The van der Waals surface area contributed by atoms with Crippen molar-refractivity contribution in [1.29, 1.82) is 10.5 Å². The minimum absolute atomic E-state index is 0.126. The number of hydrogen-bond acceptors (Lipinski definition) is 12. The predicted octanol–water partition coefficient (Wildman–Crippen LogP) is 7.63. The van der Waals surface area contributed by atoms with Crippen molar-refractivity contribution in [3.63, 3.8) is 0 Å². The van der Waals surface area contributed by atoms with Gasteiger partial charge >= 0.3 is 12.4 Å². The third kappa shape index (κ3) is 10.8. The lowest BCUT2D eigenvalue weighted by Gasteiger charge is -2.19. The lowest BCUT2D eigenvalue weighted by atomic mass is 10.0. The Kier molecular flexibility index (Phi) is 14.3. The number of aryl methyl sites for hydroxylation is 2. The van der Waals surface area contributed by atoms with E-state index >= 15 is 0 Å². The Morgan fingerprint density at radius 3 is 1.23 bits per heavy atom. The molecular weight excluding hydrogens is 967 g/mol. The maximum absolute atomic E-state index is 14.0. The normalized spacial score (nSPS) is 23.5. The Labute approximate surface area is 400 Å². The molecule has 2 heterocycles. The highest BCUT2D eigenvalue weighted by Crippen LogP contribution is 2.45. The molecule has 2 N–H and O–H groups in total. The standard InChI is InChI=1S/2C24H24F3N3O4S/c2*1-14-9-16(5-8-29-14)15-3-4-21(19(10-15)24(25,26)27)35(32,33)17-11-18(20(12-17)34-2)22(31)30-23(13-28)6-7-23/h2*3-5,8-10,17-18,20H,6-7,11-12H2,1-2H3,(H,30,31)/t2*17-,18-,20-/m10/s1. The van der Waals surface area contributed by atoms with Crippen molar-refractivity contribution < 1.29 is 62.2 Å². The number of pyridine rings is 2. The van der Waals surface area contributed by atoms with E-state index in [-0.39, 0.29) is 36.8 Å². The number of rotatable bonds is 12. The van der Waals surface area contributed by atoms with E-state index in [1.165, 1.54) is 38.7 Å². The summed E-state index contributed by atoms with van der Waals surface area (Å²) in [5, 5.41) is 21.3. The Balaban J connectivity index is 0.000000206. The summed E-state index contributed by atoms with van der Waals surface area (Å²) < 4.78 is 149. The fourth-order valence-electron chi connectivity index (χ4n) is 9.09. The molecule has 2 amide bonds. The van der Waals surface area contributed by atoms with Gasteiger partial charge in [0.15, 0.2) is 19.7 Å². The first-order chi connectivity index (χ1) is 32.8. The van der Waals surface area contributed by atoms with Crippen LogP contribution in [0.15, 0.2) is 82.8 Å². The number of nitrogens with one attached hydrogen (secondary N) is 2. The predicted molar refractivity (Wildman–Crippen MR) is 239 cm³/mol. The second-order valence-corrected chi connectivity index (χ2v) is 22.6. The lowest BCUT2D eigenvalue weighted by Crippen LogP contribution is -2.42. The summed E-state index contributed by atoms with van der Waals surface area (Å²) in [5.41, 5.74) is -1.80. The number of halogens is 6.